The highest BCUT2D eigenvalue weighted by molar-refractivity contribution is 9.10. The van der Waals surface area contributed by atoms with Crippen molar-refractivity contribution in [3.05, 3.63) is 28.2 Å². The minimum Gasteiger partial charge on any atom is -0.496 e. The molecule has 3 rings (SSSR count). The van der Waals surface area contributed by atoms with Gasteiger partial charge < -0.3 is 9.47 Å². The van der Waals surface area contributed by atoms with Crippen LogP contribution in [0.4, 0.5) is 0 Å². The molecule has 0 saturated carbocycles. The molecule has 2 aliphatic heterocycles. The minimum absolute atomic E-state index is 0. The third kappa shape index (κ3) is 3.24. The summed E-state index contributed by atoms with van der Waals surface area (Å²) in [5, 5.41) is 0. The van der Waals surface area contributed by atoms with Crippen LogP contribution >= 0.6 is 28.3 Å². The van der Waals surface area contributed by atoms with Crippen molar-refractivity contribution in [1.82, 2.24) is 4.90 Å². The van der Waals surface area contributed by atoms with Crippen LogP contribution in [0.15, 0.2) is 22.7 Å². The Morgan fingerprint density at radius 3 is 2.65 bits per heavy atom. The Bertz CT molecular complexity index is 583. The number of hydrogen-bond donors (Lipinski definition) is 0. The van der Waals surface area contributed by atoms with Crippen LogP contribution in [-0.2, 0) is 9.53 Å². The van der Waals surface area contributed by atoms with Gasteiger partial charge in [0, 0.05) is 18.0 Å². The molecule has 2 heterocycles. The van der Waals surface area contributed by atoms with Gasteiger partial charge in [-0.1, -0.05) is 6.07 Å². The molecule has 0 unspecified atom stereocenters. The SMILES string of the molecule is COC(=O)[C@H]1[C@@H](c2ccc(OC)c(Br)c2)C[C@@H]2CC[C@H]1N2C.Cl. The van der Waals surface area contributed by atoms with Gasteiger partial charge in [0.15, 0.2) is 0 Å². The lowest BCUT2D eigenvalue weighted by molar-refractivity contribution is -0.150. The van der Waals surface area contributed by atoms with Crippen molar-refractivity contribution in [2.45, 2.75) is 37.3 Å². The van der Waals surface area contributed by atoms with Gasteiger partial charge in [-0.15, -0.1) is 12.4 Å². The molecule has 4 atom stereocenters. The van der Waals surface area contributed by atoms with Gasteiger partial charge in [0.2, 0.25) is 0 Å². The van der Waals surface area contributed by atoms with E-state index in [9.17, 15) is 4.79 Å². The summed E-state index contributed by atoms with van der Waals surface area (Å²) in [6, 6.07) is 6.99. The fraction of sp³-hybridized carbons (Fsp3) is 0.588. The van der Waals surface area contributed by atoms with Crippen molar-refractivity contribution < 1.29 is 14.3 Å². The van der Waals surface area contributed by atoms with E-state index in [1.165, 1.54) is 19.1 Å². The molecular weight excluding hydrogens is 382 g/mol. The van der Waals surface area contributed by atoms with Crippen LogP contribution in [0, 0.1) is 5.92 Å². The largest absolute Gasteiger partial charge is 0.496 e. The number of fused-ring (bicyclic) bond motifs is 2. The maximum Gasteiger partial charge on any atom is 0.310 e. The first kappa shape index (κ1) is 18.6. The summed E-state index contributed by atoms with van der Waals surface area (Å²) in [6.07, 6.45) is 3.25. The summed E-state index contributed by atoms with van der Waals surface area (Å²) in [5.74, 6) is 0.848. The van der Waals surface area contributed by atoms with Crippen molar-refractivity contribution in [3.63, 3.8) is 0 Å². The van der Waals surface area contributed by atoms with Gasteiger partial charge in [0.05, 0.1) is 24.6 Å². The van der Waals surface area contributed by atoms with Gasteiger partial charge in [0.25, 0.3) is 0 Å². The third-order valence-corrected chi connectivity index (χ3v) is 5.97. The molecule has 23 heavy (non-hydrogen) atoms. The highest BCUT2D eigenvalue weighted by Gasteiger charge is 2.49. The summed E-state index contributed by atoms with van der Waals surface area (Å²) in [5.41, 5.74) is 1.19. The van der Waals surface area contributed by atoms with E-state index in [1.807, 2.05) is 6.07 Å². The Kier molecular flexibility index (Phi) is 5.98. The van der Waals surface area contributed by atoms with Gasteiger partial charge in [-0.2, -0.15) is 0 Å². The number of nitrogens with zero attached hydrogens (tertiary/aromatic N) is 1. The fourth-order valence-electron chi connectivity index (χ4n) is 4.18. The van der Waals surface area contributed by atoms with E-state index in [-0.39, 0.29) is 36.3 Å². The number of ether oxygens (including phenoxy) is 2. The van der Waals surface area contributed by atoms with E-state index < -0.39 is 0 Å². The Labute approximate surface area is 152 Å². The molecule has 0 radical (unpaired) electrons. The molecule has 2 fully saturated rings. The van der Waals surface area contributed by atoms with Crippen LogP contribution in [0.1, 0.15) is 30.7 Å². The lowest BCUT2D eigenvalue weighted by atomic mass is 9.76. The van der Waals surface area contributed by atoms with Crippen LogP contribution in [0.2, 0.25) is 0 Å². The van der Waals surface area contributed by atoms with Crippen molar-refractivity contribution in [1.29, 1.82) is 0 Å². The van der Waals surface area contributed by atoms with Crippen LogP contribution in [0.25, 0.3) is 0 Å². The lowest BCUT2D eigenvalue weighted by Gasteiger charge is -2.41. The molecule has 4 nitrogen and oxygen atoms in total. The Balaban J connectivity index is 0.00000192. The standard InChI is InChI=1S/C17H22BrNO3.ClH/c1-19-11-5-6-14(19)16(17(20)22-3)12(9-11)10-4-7-15(21-2)13(18)8-10;/h4,7-8,11-12,14,16H,5-6,9H2,1-3H3;1H/t11-,12+,14+,16-;/m0./s1. The van der Waals surface area contributed by atoms with Gasteiger partial charge >= 0.3 is 5.97 Å². The highest BCUT2D eigenvalue weighted by Crippen LogP contribution is 2.47. The minimum atomic E-state index is -0.0888. The second kappa shape index (κ2) is 7.41. The molecule has 0 aromatic heterocycles. The smallest absolute Gasteiger partial charge is 0.310 e. The summed E-state index contributed by atoms with van der Waals surface area (Å²) < 4.78 is 11.4. The van der Waals surface area contributed by atoms with Crippen LogP contribution in [0.3, 0.4) is 0 Å². The van der Waals surface area contributed by atoms with Crippen molar-refractivity contribution in [2.24, 2.45) is 5.92 Å². The van der Waals surface area contributed by atoms with Crippen LogP contribution in [0.5, 0.6) is 5.75 Å². The monoisotopic (exact) mass is 403 g/mol. The molecule has 2 saturated heterocycles. The molecule has 128 valence electrons. The maximum atomic E-state index is 12.4. The number of methoxy groups -OCH3 is 2. The quantitative estimate of drug-likeness (QED) is 0.721. The van der Waals surface area contributed by atoms with Crippen molar-refractivity contribution in [3.8, 4) is 5.75 Å². The van der Waals surface area contributed by atoms with E-state index in [0.717, 1.165) is 23.1 Å². The van der Waals surface area contributed by atoms with Gasteiger partial charge in [-0.25, -0.2) is 0 Å². The molecule has 1 aromatic rings. The first-order chi connectivity index (χ1) is 10.6. The number of piperidine rings is 1. The number of hydrogen-bond acceptors (Lipinski definition) is 4. The molecular formula is C17H23BrClNO3. The summed E-state index contributed by atoms with van der Waals surface area (Å²) >= 11 is 3.55. The zero-order valence-corrected chi connectivity index (χ0v) is 16.0. The normalized spacial score (nSPS) is 29.7. The van der Waals surface area contributed by atoms with Crippen molar-refractivity contribution in [2.75, 3.05) is 21.3 Å². The average molecular weight is 405 g/mol. The number of halogens is 2. The number of rotatable bonds is 3. The second-order valence-electron chi connectivity index (χ2n) is 6.25. The van der Waals surface area contributed by atoms with E-state index in [1.54, 1.807) is 7.11 Å². The van der Waals surface area contributed by atoms with Crippen LogP contribution in [-0.4, -0.2) is 44.2 Å². The molecule has 0 amide bonds. The molecule has 6 heteroatoms. The third-order valence-electron chi connectivity index (χ3n) is 5.35. The predicted octanol–water partition coefficient (Wildman–Crippen LogP) is 3.62. The molecule has 0 spiro atoms. The molecule has 0 aliphatic carbocycles. The lowest BCUT2D eigenvalue weighted by Crippen LogP contribution is -2.49. The topological polar surface area (TPSA) is 38.8 Å². The van der Waals surface area contributed by atoms with Crippen molar-refractivity contribution >= 4 is 34.3 Å². The predicted molar refractivity (Wildman–Crippen MR) is 95.4 cm³/mol. The van der Waals surface area contributed by atoms with Gasteiger partial charge in [0.1, 0.15) is 5.75 Å². The van der Waals surface area contributed by atoms with E-state index in [0.29, 0.717) is 6.04 Å². The highest BCUT2D eigenvalue weighted by atomic mass is 79.9. The van der Waals surface area contributed by atoms with E-state index in [4.69, 9.17) is 9.47 Å². The zero-order valence-electron chi connectivity index (χ0n) is 13.6. The number of benzene rings is 1. The first-order valence-corrected chi connectivity index (χ1v) is 8.49. The van der Waals surface area contributed by atoms with E-state index in [2.05, 4.69) is 40.0 Å². The fourth-order valence-corrected chi connectivity index (χ4v) is 4.74. The van der Waals surface area contributed by atoms with Gasteiger partial charge in [-0.05, 0) is 59.9 Å². The Hall–Kier alpha value is -0.780. The molecule has 2 bridgehead atoms. The summed E-state index contributed by atoms with van der Waals surface area (Å²) in [6.45, 7) is 0. The second-order valence-corrected chi connectivity index (χ2v) is 7.10. The number of carbonyl (C=O) groups is 1. The molecule has 0 N–H and O–H groups in total. The van der Waals surface area contributed by atoms with Crippen LogP contribution < -0.4 is 4.74 Å². The zero-order chi connectivity index (χ0) is 15.9. The van der Waals surface area contributed by atoms with E-state index >= 15 is 0 Å². The number of carbonyl (C=O) groups excluding carboxylic acids is 1. The van der Waals surface area contributed by atoms with Gasteiger partial charge in [-0.3, -0.25) is 9.69 Å². The first-order valence-electron chi connectivity index (χ1n) is 7.70. The number of esters is 1. The summed E-state index contributed by atoms with van der Waals surface area (Å²) in [4.78, 5) is 14.8. The Morgan fingerprint density at radius 2 is 2.04 bits per heavy atom. The average Bonchev–Trinajstić information content (AvgIpc) is 2.76. The molecule has 1 aromatic carbocycles. The summed E-state index contributed by atoms with van der Waals surface area (Å²) in [7, 11) is 5.29. The molecule has 2 aliphatic rings. The Morgan fingerprint density at radius 1 is 1.30 bits per heavy atom. The maximum absolute atomic E-state index is 12.4.